The van der Waals surface area contributed by atoms with E-state index in [4.69, 9.17) is 0 Å². The number of hydrogen-bond acceptors (Lipinski definition) is 2. The third-order valence-corrected chi connectivity index (χ3v) is 5.14. The Hall–Kier alpha value is -0.660. The summed E-state index contributed by atoms with van der Waals surface area (Å²) < 4.78 is 0. The van der Waals surface area contributed by atoms with Crippen LogP contribution >= 0.6 is 0 Å². The number of fused-ring (bicyclic) bond motifs is 1. The number of rotatable bonds is 3. The first-order chi connectivity index (χ1) is 7.77. The molecule has 2 saturated carbocycles. The molecule has 0 saturated heterocycles. The molecule has 2 heteroatoms. The molecular formula is C15H24O2. The minimum atomic E-state index is -0.183. The van der Waals surface area contributed by atoms with Gasteiger partial charge >= 0.3 is 0 Å². The highest BCUT2D eigenvalue weighted by Gasteiger charge is 2.60. The van der Waals surface area contributed by atoms with Gasteiger partial charge in [0.1, 0.15) is 11.6 Å². The molecule has 96 valence electrons. The van der Waals surface area contributed by atoms with Gasteiger partial charge in [0.25, 0.3) is 0 Å². The second-order valence-electron chi connectivity index (χ2n) is 6.99. The molecule has 0 amide bonds. The van der Waals surface area contributed by atoms with E-state index < -0.39 is 0 Å². The topological polar surface area (TPSA) is 34.1 Å². The summed E-state index contributed by atoms with van der Waals surface area (Å²) >= 11 is 0. The lowest BCUT2D eigenvalue weighted by atomic mass is 9.73. The van der Waals surface area contributed by atoms with Crippen molar-refractivity contribution in [3.8, 4) is 0 Å². The lowest BCUT2D eigenvalue weighted by molar-refractivity contribution is -0.133. The molecule has 1 unspecified atom stereocenters. The minimum Gasteiger partial charge on any atom is -0.300 e. The SMILES string of the molecule is CC(=O)CCC1C(=O)C(C)(C)CC[C@H]2C[C@@]12C. The normalized spacial score (nSPS) is 39.4. The van der Waals surface area contributed by atoms with E-state index in [0.717, 1.165) is 18.8 Å². The average Bonchev–Trinajstić information content (AvgIpc) is 2.87. The van der Waals surface area contributed by atoms with E-state index in [1.165, 1.54) is 12.8 Å². The van der Waals surface area contributed by atoms with Gasteiger partial charge in [-0.3, -0.25) is 4.79 Å². The van der Waals surface area contributed by atoms with Gasteiger partial charge in [0, 0.05) is 17.8 Å². The summed E-state index contributed by atoms with van der Waals surface area (Å²) in [5.41, 5.74) is 0.0260. The predicted octanol–water partition coefficient (Wildman–Crippen LogP) is 3.39. The summed E-state index contributed by atoms with van der Waals surface area (Å²) in [5, 5.41) is 0. The van der Waals surface area contributed by atoms with Gasteiger partial charge < -0.3 is 4.79 Å². The maximum absolute atomic E-state index is 12.6. The van der Waals surface area contributed by atoms with Gasteiger partial charge in [0.15, 0.2) is 0 Å². The quantitative estimate of drug-likeness (QED) is 0.752. The smallest absolute Gasteiger partial charge is 0.142 e. The van der Waals surface area contributed by atoms with Crippen LogP contribution in [0.15, 0.2) is 0 Å². The Labute approximate surface area is 104 Å². The molecule has 2 fully saturated rings. The standard InChI is InChI=1S/C15H24O2/c1-10(16)5-6-12-13(17)14(2,3)8-7-11-9-15(11,12)4/h11-12H,5-9H2,1-4H3/t11-,12?,15+/m0/s1. The van der Waals surface area contributed by atoms with Crippen molar-refractivity contribution in [2.45, 2.75) is 59.8 Å². The lowest BCUT2D eigenvalue weighted by Crippen LogP contribution is -2.34. The van der Waals surface area contributed by atoms with E-state index >= 15 is 0 Å². The van der Waals surface area contributed by atoms with Crippen LogP contribution in [0.3, 0.4) is 0 Å². The molecule has 3 atom stereocenters. The average molecular weight is 236 g/mol. The molecule has 0 aromatic rings. The summed E-state index contributed by atoms with van der Waals surface area (Å²) in [6.07, 6.45) is 4.73. The molecule has 0 heterocycles. The van der Waals surface area contributed by atoms with Crippen LogP contribution in [0.2, 0.25) is 0 Å². The van der Waals surface area contributed by atoms with Gasteiger partial charge in [-0.2, -0.15) is 0 Å². The molecule has 2 rings (SSSR count). The number of hydrogen-bond donors (Lipinski definition) is 0. The third-order valence-electron chi connectivity index (χ3n) is 5.14. The number of carbonyl (C=O) groups excluding carboxylic acids is 2. The second kappa shape index (κ2) is 3.93. The first-order valence-electron chi connectivity index (χ1n) is 6.81. The first kappa shape index (κ1) is 12.8. The lowest BCUT2D eigenvalue weighted by Gasteiger charge is -2.29. The number of Topliss-reactive ketones (excluding diaryl/α,β-unsaturated/α-hetero) is 2. The van der Waals surface area contributed by atoms with E-state index in [0.29, 0.717) is 12.2 Å². The van der Waals surface area contributed by atoms with Crippen LogP contribution in [-0.2, 0) is 9.59 Å². The number of carbonyl (C=O) groups is 2. The molecule has 17 heavy (non-hydrogen) atoms. The van der Waals surface area contributed by atoms with Crippen LogP contribution in [0, 0.1) is 22.7 Å². The molecule has 0 aliphatic heterocycles. The summed E-state index contributed by atoms with van der Waals surface area (Å²) in [5.74, 6) is 1.46. The highest BCUT2D eigenvalue weighted by Crippen LogP contribution is 2.64. The van der Waals surface area contributed by atoms with Gasteiger partial charge in [-0.25, -0.2) is 0 Å². The number of ketones is 2. The Morgan fingerprint density at radius 1 is 1.35 bits per heavy atom. The van der Waals surface area contributed by atoms with Gasteiger partial charge in [0.2, 0.25) is 0 Å². The largest absolute Gasteiger partial charge is 0.300 e. The Kier molecular flexibility index (Phi) is 2.95. The third kappa shape index (κ3) is 2.19. The van der Waals surface area contributed by atoms with Crippen LogP contribution in [0.5, 0.6) is 0 Å². The van der Waals surface area contributed by atoms with Gasteiger partial charge in [-0.1, -0.05) is 20.8 Å². The van der Waals surface area contributed by atoms with Crippen LogP contribution in [0.25, 0.3) is 0 Å². The van der Waals surface area contributed by atoms with Crippen molar-refractivity contribution < 1.29 is 9.59 Å². The molecule has 2 aliphatic rings. The van der Waals surface area contributed by atoms with E-state index in [1.54, 1.807) is 6.92 Å². The van der Waals surface area contributed by atoms with Crippen LogP contribution in [-0.4, -0.2) is 11.6 Å². The summed E-state index contributed by atoms with van der Waals surface area (Å²) in [6.45, 7) is 8.02. The summed E-state index contributed by atoms with van der Waals surface area (Å²) in [6, 6.07) is 0. The van der Waals surface area contributed by atoms with Crippen LogP contribution < -0.4 is 0 Å². The van der Waals surface area contributed by atoms with Crippen molar-refractivity contribution in [3.05, 3.63) is 0 Å². The fourth-order valence-corrected chi connectivity index (χ4v) is 3.57. The van der Waals surface area contributed by atoms with E-state index in [-0.39, 0.29) is 22.5 Å². The van der Waals surface area contributed by atoms with Crippen molar-refractivity contribution in [3.63, 3.8) is 0 Å². The second-order valence-corrected chi connectivity index (χ2v) is 6.99. The molecule has 0 aromatic carbocycles. The molecule has 0 radical (unpaired) electrons. The molecule has 0 aromatic heterocycles. The van der Waals surface area contributed by atoms with Crippen LogP contribution in [0.4, 0.5) is 0 Å². The monoisotopic (exact) mass is 236 g/mol. The Balaban J connectivity index is 2.18. The molecule has 0 N–H and O–H groups in total. The van der Waals surface area contributed by atoms with E-state index in [1.807, 2.05) is 0 Å². The maximum Gasteiger partial charge on any atom is 0.142 e. The maximum atomic E-state index is 12.6. The Bertz CT molecular complexity index is 356. The first-order valence-corrected chi connectivity index (χ1v) is 6.81. The molecule has 0 spiro atoms. The zero-order valence-corrected chi connectivity index (χ0v) is 11.5. The van der Waals surface area contributed by atoms with Crippen molar-refractivity contribution in [2.75, 3.05) is 0 Å². The van der Waals surface area contributed by atoms with Crippen molar-refractivity contribution in [2.24, 2.45) is 22.7 Å². The zero-order valence-electron chi connectivity index (χ0n) is 11.5. The van der Waals surface area contributed by atoms with Gasteiger partial charge in [-0.15, -0.1) is 0 Å². The molecular weight excluding hydrogens is 212 g/mol. The highest BCUT2D eigenvalue weighted by molar-refractivity contribution is 5.88. The summed E-state index contributed by atoms with van der Waals surface area (Å²) in [4.78, 5) is 23.8. The van der Waals surface area contributed by atoms with Gasteiger partial charge in [0.05, 0.1) is 0 Å². The molecule has 2 aliphatic carbocycles. The highest BCUT2D eigenvalue weighted by atomic mass is 16.1. The van der Waals surface area contributed by atoms with Crippen LogP contribution in [0.1, 0.15) is 59.8 Å². The Morgan fingerprint density at radius 3 is 2.59 bits per heavy atom. The fourth-order valence-electron chi connectivity index (χ4n) is 3.57. The Morgan fingerprint density at radius 2 is 2.00 bits per heavy atom. The summed E-state index contributed by atoms with van der Waals surface area (Å²) in [7, 11) is 0. The molecule has 0 bridgehead atoms. The predicted molar refractivity (Wildman–Crippen MR) is 67.6 cm³/mol. The van der Waals surface area contributed by atoms with E-state index in [9.17, 15) is 9.59 Å². The zero-order chi connectivity index (χ0) is 12.8. The minimum absolute atomic E-state index is 0.119. The van der Waals surface area contributed by atoms with Gasteiger partial charge in [-0.05, 0) is 43.9 Å². The van der Waals surface area contributed by atoms with Crippen molar-refractivity contribution >= 4 is 11.6 Å². The van der Waals surface area contributed by atoms with E-state index in [2.05, 4.69) is 20.8 Å². The fraction of sp³-hybridized carbons (Fsp3) is 0.867. The van der Waals surface area contributed by atoms with Crippen molar-refractivity contribution in [1.29, 1.82) is 0 Å². The molecule has 2 nitrogen and oxygen atoms in total. The van der Waals surface area contributed by atoms with Crippen molar-refractivity contribution in [1.82, 2.24) is 0 Å².